The van der Waals surface area contributed by atoms with E-state index in [1.165, 1.54) is 30.1 Å². The van der Waals surface area contributed by atoms with Gasteiger partial charge in [-0.2, -0.15) is 5.26 Å². The highest BCUT2D eigenvalue weighted by Gasteiger charge is 2.31. The van der Waals surface area contributed by atoms with Crippen LogP contribution in [0.25, 0.3) is 11.1 Å². The van der Waals surface area contributed by atoms with Gasteiger partial charge in [0.2, 0.25) is 5.91 Å². The van der Waals surface area contributed by atoms with Gasteiger partial charge >= 0.3 is 0 Å². The van der Waals surface area contributed by atoms with Crippen LogP contribution in [0.1, 0.15) is 20.7 Å². The number of hydrogen-bond donors (Lipinski definition) is 1. The van der Waals surface area contributed by atoms with Gasteiger partial charge in [0.15, 0.2) is 0 Å². The molecule has 172 valence electrons. The fourth-order valence-corrected chi connectivity index (χ4v) is 4.33. The van der Waals surface area contributed by atoms with Crippen molar-refractivity contribution in [1.82, 2.24) is 0 Å². The van der Waals surface area contributed by atoms with E-state index in [0.717, 1.165) is 0 Å². The molecule has 0 spiro atoms. The molecular formula is C25H19Cl2FN4O2. The predicted molar refractivity (Wildman–Crippen MR) is 131 cm³/mol. The summed E-state index contributed by atoms with van der Waals surface area (Å²) < 4.78 is 14.4. The first-order valence-corrected chi connectivity index (χ1v) is 11.1. The second-order valence-corrected chi connectivity index (χ2v) is 8.77. The molecular weight excluding hydrogens is 478 g/mol. The van der Waals surface area contributed by atoms with E-state index in [0.29, 0.717) is 46.2 Å². The van der Waals surface area contributed by atoms with Gasteiger partial charge in [0, 0.05) is 36.3 Å². The second-order valence-electron chi connectivity index (χ2n) is 7.95. The summed E-state index contributed by atoms with van der Waals surface area (Å²) in [6.07, 6.45) is 0. The van der Waals surface area contributed by atoms with Crippen molar-refractivity contribution in [2.75, 3.05) is 29.9 Å². The van der Waals surface area contributed by atoms with Crippen molar-refractivity contribution in [1.29, 1.82) is 5.26 Å². The van der Waals surface area contributed by atoms with Gasteiger partial charge in [0.1, 0.15) is 5.82 Å². The van der Waals surface area contributed by atoms with Crippen molar-refractivity contribution >= 4 is 46.4 Å². The zero-order valence-corrected chi connectivity index (χ0v) is 19.6. The van der Waals surface area contributed by atoms with Crippen molar-refractivity contribution in [3.8, 4) is 17.2 Å². The van der Waals surface area contributed by atoms with E-state index >= 15 is 0 Å². The van der Waals surface area contributed by atoms with Crippen molar-refractivity contribution in [3.63, 3.8) is 0 Å². The summed E-state index contributed by atoms with van der Waals surface area (Å²) in [6, 6.07) is 16.3. The molecule has 4 rings (SSSR count). The summed E-state index contributed by atoms with van der Waals surface area (Å²) in [5.74, 6) is -2.05. The molecule has 0 aromatic heterocycles. The number of amides is 2. The molecule has 1 saturated heterocycles. The number of nitrogens with two attached hydrogens (primary N) is 1. The lowest BCUT2D eigenvalue weighted by atomic mass is 9.97. The number of nitrogens with zero attached hydrogens (tertiary/aromatic N) is 3. The minimum Gasteiger partial charge on any atom is -0.367 e. The lowest BCUT2D eigenvalue weighted by molar-refractivity contribution is 0.0985. The van der Waals surface area contributed by atoms with Gasteiger partial charge < -0.3 is 15.5 Å². The molecule has 34 heavy (non-hydrogen) atoms. The normalized spacial score (nSPS) is 13.2. The van der Waals surface area contributed by atoms with Crippen LogP contribution in [-0.2, 0) is 0 Å². The molecule has 1 fully saturated rings. The van der Waals surface area contributed by atoms with E-state index in [4.69, 9.17) is 28.9 Å². The largest absolute Gasteiger partial charge is 0.367 e. The van der Waals surface area contributed by atoms with Gasteiger partial charge in [-0.1, -0.05) is 35.3 Å². The fourth-order valence-electron chi connectivity index (χ4n) is 3.86. The summed E-state index contributed by atoms with van der Waals surface area (Å²) in [5, 5.41) is 9.65. The zero-order valence-electron chi connectivity index (χ0n) is 18.1. The maximum absolute atomic E-state index is 14.4. The highest BCUT2D eigenvalue weighted by Crippen LogP contribution is 2.40. The smallest absolute Gasteiger partial charge is 0.262 e. The van der Waals surface area contributed by atoms with E-state index in [1.807, 2.05) is 11.0 Å². The lowest BCUT2D eigenvalue weighted by Crippen LogP contribution is -2.46. The minimum absolute atomic E-state index is 0.0126. The quantitative estimate of drug-likeness (QED) is 0.529. The number of hydrogen-bond acceptors (Lipinski definition) is 4. The molecule has 0 atom stereocenters. The number of carbonyl (C=O) groups excluding carboxylic acids is 2. The van der Waals surface area contributed by atoms with E-state index in [9.17, 15) is 19.2 Å². The molecule has 2 amide bonds. The van der Waals surface area contributed by atoms with Crippen molar-refractivity contribution < 1.29 is 14.0 Å². The van der Waals surface area contributed by atoms with Crippen LogP contribution in [0.15, 0.2) is 54.6 Å². The van der Waals surface area contributed by atoms with Crippen LogP contribution < -0.4 is 15.5 Å². The first kappa shape index (κ1) is 23.6. The lowest BCUT2D eigenvalue weighted by Gasteiger charge is -2.39. The molecule has 0 bridgehead atoms. The van der Waals surface area contributed by atoms with E-state index in [1.54, 1.807) is 30.3 Å². The highest BCUT2D eigenvalue weighted by atomic mass is 35.5. The molecule has 0 radical (unpaired) electrons. The Bertz CT molecular complexity index is 1330. The average molecular weight is 497 g/mol. The summed E-state index contributed by atoms with van der Waals surface area (Å²) in [6.45, 7) is 0.953. The molecule has 9 heteroatoms. The molecule has 1 aliphatic rings. The molecule has 0 saturated carbocycles. The number of anilines is 2. The van der Waals surface area contributed by atoms with Gasteiger partial charge in [0.25, 0.3) is 5.91 Å². The van der Waals surface area contributed by atoms with Crippen LogP contribution in [0.4, 0.5) is 15.8 Å². The third-order valence-corrected chi connectivity index (χ3v) is 6.43. The Morgan fingerprint density at radius 1 is 1.12 bits per heavy atom. The van der Waals surface area contributed by atoms with Crippen LogP contribution in [0.2, 0.25) is 10.0 Å². The van der Waals surface area contributed by atoms with Crippen molar-refractivity contribution in [2.24, 2.45) is 11.7 Å². The SMILES string of the molecule is CN(C(=O)c1c(F)cccc1Cl)c1ccc(-c2cc(C(N)=O)ccc2Cl)cc1N1CC(C#N)C1. The van der Waals surface area contributed by atoms with Gasteiger partial charge in [-0.3, -0.25) is 9.59 Å². The van der Waals surface area contributed by atoms with Crippen LogP contribution in [0, 0.1) is 23.1 Å². The Kier molecular flexibility index (Phi) is 6.47. The monoisotopic (exact) mass is 496 g/mol. The third kappa shape index (κ3) is 4.30. The standard InChI is InChI=1S/C25H19Cl2FN4O2/c1-31(25(34)23-19(27)3-2-4-20(23)28)21-8-6-15(10-22(21)32-12-14(11-29)13-32)17-9-16(24(30)33)5-7-18(17)26/h2-10,14H,12-13H2,1H3,(H2,30,33). The van der Waals surface area contributed by atoms with Gasteiger partial charge in [-0.25, -0.2) is 4.39 Å². The molecule has 1 heterocycles. The first-order valence-electron chi connectivity index (χ1n) is 10.3. The van der Waals surface area contributed by atoms with E-state index in [2.05, 4.69) is 6.07 Å². The number of carbonyl (C=O) groups is 2. The van der Waals surface area contributed by atoms with Crippen LogP contribution >= 0.6 is 23.2 Å². The maximum Gasteiger partial charge on any atom is 0.262 e. The van der Waals surface area contributed by atoms with Crippen LogP contribution in [0.3, 0.4) is 0 Å². The van der Waals surface area contributed by atoms with E-state index in [-0.39, 0.29) is 16.5 Å². The Morgan fingerprint density at radius 3 is 2.50 bits per heavy atom. The average Bonchev–Trinajstić information content (AvgIpc) is 2.78. The van der Waals surface area contributed by atoms with Gasteiger partial charge in [-0.05, 0) is 48.0 Å². The molecule has 0 unspecified atom stereocenters. The Labute approximate surface area is 205 Å². The molecule has 3 aromatic rings. The Hall–Kier alpha value is -3.60. The summed E-state index contributed by atoms with van der Waals surface area (Å²) >= 11 is 12.5. The predicted octanol–water partition coefficient (Wildman–Crippen LogP) is 5.13. The van der Waals surface area contributed by atoms with Crippen LogP contribution in [0.5, 0.6) is 0 Å². The zero-order chi connectivity index (χ0) is 24.6. The summed E-state index contributed by atoms with van der Waals surface area (Å²) in [5.41, 5.74) is 7.95. The highest BCUT2D eigenvalue weighted by molar-refractivity contribution is 6.35. The third-order valence-electron chi connectivity index (χ3n) is 5.78. The topological polar surface area (TPSA) is 90.4 Å². The van der Waals surface area contributed by atoms with Gasteiger partial charge in [-0.15, -0.1) is 0 Å². The molecule has 1 aliphatic heterocycles. The number of primary amides is 1. The number of rotatable bonds is 5. The fraction of sp³-hybridized carbons (Fsp3) is 0.160. The summed E-state index contributed by atoms with van der Waals surface area (Å²) in [7, 11) is 1.53. The number of halogens is 3. The second kappa shape index (κ2) is 9.34. The van der Waals surface area contributed by atoms with Crippen LogP contribution in [-0.4, -0.2) is 32.0 Å². The number of nitriles is 1. The Balaban J connectivity index is 1.80. The Morgan fingerprint density at radius 2 is 1.85 bits per heavy atom. The molecule has 3 aromatic carbocycles. The molecule has 0 aliphatic carbocycles. The van der Waals surface area contributed by atoms with Crippen molar-refractivity contribution in [2.45, 2.75) is 0 Å². The van der Waals surface area contributed by atoms with E-state index < -0.39 is 17.6 Å². The summed E-state index contributed by atoms with van der Waals surface area (Å²) in [4.78, 5) is 28.1. The molecule has 2 N–H and O–H groups in total. The number of benzene rings is 3. The minimum atomic E-state index is -0.717. The van der Waals surface area contributed by atoms with Gasteiger partial charge in [0.05, 0.1) is 33.9 Å². The maximum atomic E-state index is 14.4. The first-order chi connectivity index (χ1) is 16.2. The van der Waals surface area contributed by atoms with Crippen molar-refractivity contribution in [3.05, 3.63) is 81.6 Å². The molecule has 6 nitrogen and oxygen atoms in total.